The summed E-state index contributed by atoms with van der Waals surface area (Å²) < 4.78 is 5.37. The van der Waals surface area contributed by atoms with Gasteiger partial charge in [0, 0.05) is 31.7 Å². The Labute approximate surface area is 197 Å². The van der Waals surface area contributed by atoms with Gasteiger partial charge in [-0.3, -0.25) is 14.5 Å². The zero-order valence-electron chi connectivity index (χ0n) is 20.2. The van der Waals surface area contributed by atoms with E-state index in [0.717, 1.165) is 37.3 Å². The molecule has 1 N–H and O–H groups in total. The fourth-order valence-corrected chi connectivity index (χ4v) is 5.14. The number of benzene rings is 1. The van der Waals surface area contributed by atoms with Crippen molar-refractivity contribution >= 4 is 11.8 Å². The molecule has 0 unspecified atom stereocenters. The Kier molecular flexibility index (Phi) is 7.23. The van der Waals surface area contributed by atoms with Crippen LogP contribution in [0.5, 0.6) is 0 Å². The summed E-state index contributed by atoms with van der Waals surface area (Å²) in [7, 11) is 0. The van der Waals surface area contributed by atoms with Gasteiger partial charge >= 0.3 is 0 Å². The van der Waals surface area contributed by atoms with Gasteiger partial charge in [-0.25, -0.2) is 0 Å². The third kappa shape index (κ3) is 5.67. The molecule has 4 rings (SSSR count). The largest absolute Gasteiger partial charge is 0.467 e. The maximum Gasteiger partial charge on any atom is 0.253 e. The number of rotatable bonds is 6. The smallest absolute Gasteiger partial charge is 0.253 e. The van der Waals surface area contributed by atoms with Crippen LogP contribution in [0.4, 0.5) is 0 Å². The van der Waals surface area contributed by atoms with Crippen LogP contribution in [-0.4, -0.2) is 53.8 Å². The summed E-state index contributed by atoms with van der Waals surface area (Å²) >= 11 is 0. The summed E-state index contributed by atoms with van der Waals surface area (Å²) in [6.07, 6.45) is 6.20. The summed E-state index contributed by atoms with van der Waals surface area (Å²) in [6.45, 7) is 9.68. The number of carbonyl (C=O) groups excluding carboxylic acids is 2. The van der Waals surface area contributed by atoms with Crippen molar-refractivity contribution in [1.82, 2.24) is 15.1 Å². The molecule has 0 spiro atoms. The number of furan rings is 1. The second kappa shape index (κ2) is 10.1. The molecule has 1 aromatic carbocycles. The van der Waals surface area contributed by atoms with Crippen LogP contribution in [0.2, 0.25) is 0 Å². The summed E-state index contributed by atoms with van der Waals surface area (Å²) in [4.78, 5) is 30.5. The van der Waals surface area contributed by atoms with E-state index in [2.05, 4.69) is 43.1 Å². The van der Waals surface area contributed by atoms with Crippen LogP contribution >= 0.6 is 0 Å². The molecule has 6 nitrogen and oxygen atoms in total. The monoisotopic (exact) mass is 451 g/mol. The number of nitrogens with one attached hydrogen (secondary N) is 1. The first-order valence-corrected chi connectivity index (χ1v) is 12.3. The molecular weight excluding hydrogens is 414 g/mol. The van der Waals surface area contributed by atoms with Gasteiger partial charge in [0.05, 0.1) is 18.8 Å². The van der Waals surface area contributed by atoms with E-state index in [1.54, 1.807) is 6.26 Å². The summed E-state index contributed by atoms with van der Waals surface area (Å²) in [6, 6.07) is 11.6. The second-order valence-electron chi connectivity index (χ2n) is 10.4. The lowest BCUT2D eigenvalue weighted by molar-refractivity contribution is -0.129. The topological polar surface area (TPSA) is 65.8 Å². The third-order valence-electron chi connectivity index (χ3n) is 7.12. The number of carbonyl (C=O) groups is 2. The zero-order chi connectivity index (χ0) is 23.4. The Morgan fingerprint density at radius 3 is 2.27 bits per heavy atom. The maximum atomic E-state index is 13.2. The highest BCUT2D eigenvalue weighted by Gasteiger charge is 2.37. The molecule has 1 saturated heterocycles. The first-order chi connectivity index (χ1) is 15.8. The fraction of sp³-hybridized carbons (Fsp3) is 0.556. The van der Waals surface area contributed by atoms with Gasteiger partial charge < -0.3 is 14.6 Å². The Bertz CT molecular complexity index is 917. The van der Waals surface area contributed by atoms with Crippen LogP contribution in [-0.2, 0) is 16.8 Å². The molecule has 2 aliphatic rings. The summed E-state index contributed by atoms with van der Waals surface area (Å²) in [5.74, 6) is 1.31. The van der Waals surface area contributed by atoms with Crippen LogP contribution in [0.15, 0.2) is 47.1 Å². The molecule has 2 fully saturated rings. The quantitative estimate of drug-likeness (QED) is 0.715. The highest BCUT2D eigenvalue weighted by Crippen LogP contribution is 2.31. The minimum absolute atomic E-state index is 0.0694. The molecule has 0 radical (unpaired) electrons. The van der Waals surface area contributed by atoms with E-state index in [4.69, 9.17) is 4.42 Å². The Morgan fingerprint density at radius 2 is 1.70 bits per heavy atom. The van der Waals surface area contributed by atoms with Gasteiger partial charge in [0.25, 0.3) is 5.91 Å². The number of hydrogen-bond acceptors (Lipinski definition) is 4. The highest BCUT2D eigenvalue weighted by atomic mass is 16.3. The molecule has 2 aromatic rings. The van der Waals surface area contributed by atoms with Gasteiger partial charge in [-0.1, -0.05) is 45.7 Å². The molecule has 0 bridgehead atoms. The van der Waals surface area contributed by atoms with Gasteiger partial charge in [0.2, 0.25) is 5.91 Å². The van der Waals surface area contributed by atoms with Crippen LogP contribution < -0.4 is 5.32 Å². The maximum absolute atomic E-state index is 13.2. The lowest BCUT2D eigenvalue weighted by Crippen LogP contribution is -2.57. The second-order valence-corrected chi connectivity index (χ2v) is 10.4. The number of hydrogen-bond donors (Lipinski definition) is 1. The first-order valence-electron chi connectivity index (χ1n) is 12.3. The van der Waals surface area contributed by atoms with E-state index in [1.165, 1.54) is 18.4 Å². The molecule has 2 amide bonds. The molecule has 1 saturated carbocycles. The van der Waals surface area contributed by atoms with Crippen molar-refractivity contribution < 1.29 is 14.0 Å². The third-order valence-corrected chi connectivity index (χ3v) is 7.12. The van der Waals surface area contributed by atoms with Crippen molar-refractivity contribution in [3.8, 4) is 0 Å². The molecule has 33 heavy (non-hydrogen) atoms. The first kappa shape index (κ1) is 23.6. The van der Waals surface area contributed by atoms with Crippen molar-refractivity contribution in [2.45, 2.75) is 64.5 Å². The van der Waals surface area contributed by atoms with Crippen molar-refractivity contribution in [3.05, 3.63) is 59.5 Å². The minimum Gasteiger partial charge on any atom is -0.467 e. The van der Waals surface area contributed by atoms with Gasteiger partial charge in [0.1, 0.15) is 5.76 Å². The molecule has 6 heteroatoms. The predicted molar refractivity (Wildman–Crippen MR) is 129 cm³/mol. The molecule has 1 atom stereocenters. The number of nitrogens with zero attached hydrogens (tertiary/aromatic N) is 2. The van der Waals surface area contributed by atoms with Crippen molar-refractivity contribution in [2.24, 2.45) is 5.92 Å². The van der Waals surface area contributed by atoms with Gasteiger partial charge in [-0.2, -0.15) is 0 Å². The number of piperazine rings is 1. The standard InChI is InChI=1S/C27H37N3O3/c1-27(2,3)22-12-10-21(11-13-22)26(32)30-16-14-29(15-17-30)24(20-7-4-5-8-20)25(31)28-19-23-9-6-18-33-23/h6,9-13,18,20,24H,4-5,7-8,14-17,19H2,1-3H3,(H,28,31)/t24-/m0/s1. The van der Waals surface area contributed by atoms with Crippen molar-refractivity contribution in [2.75, 3.05) is 26.2 Å². The van der Waals surface area contributed by atoms with E-state index in [0.29, 0.717) is 25.6 Å². The molecular formula is C27H37N3O3. The van der Waals surface area contributed by atoms with Gasteiger partial charge in [-0.05, 0) is 54.0 Å². The van der Waals surface area contributed by atoms with Crippen molar-refractivity contribution in [1.29, 1.82) is 0 Å². The lowest BCUT2D eigenvalue weighted by Gasteiger charge is -2.40. The van der Waals surface area contributed by atoms with E-state index in [9.17, 15) is 9.59 Å². The van der Waals surface area contributed by atoms with Crippen LogP contribution in [0.3, 0.4) is 0 Å². The van der Waals surface area contributed by atoms with Gasteiger partial charge in [-0.15, -0.1) is 0 Å². The summed E-state index contributed by atoms with van der Waals surface area (Å²) in [5.41, 5.74) is 2.03. The molecule has 1 aromatic heterocycles. The van der Waals surface area contributed by atoms with Gasteiger partial charge in [0.15, 0.2) is 0 Å². The average Bonchev–Trinajstić information content (AvgIpc) is 3.52. The SMILES string of the molecule is CC(C)(C)c1ccc(C(=O)N2CCN([C@H](C(=O)NCc3ccco3)C3CCCC3)CC2)cc1. The molecule has 1 aliphatic carbocycles. The highest BCUT2D eigenvalue weighted by molar-refractivity contribution is 5.94. The van der Waals surface area contributed by atoms with E-state index < -0.39 is 0 Å². The number of amides is 2. The Hall–Kier alpha value is -2.60. The van der Waals surface area contributed by atoms with E-state index >= 15 is 0 Å². The molecule has 2 heterocycles. The molecule has 1 aliphatic heterocycles. The van der Waals surface area contributed by atoms with Crippen LogP contribution in [0.25, 0.3) is 0 Å². The zero-order valence-corrected chi connectivity index (χ0v) is 20.2. The summed E-state index contributed by atoms with van der Waals surface area (Å²) in [5, 5.41) is 3.08. The average molecular weight is 452 g/mol. The predicted octanol–water partition coefficient (Wildman–Crippen LogP) is 4.21. The molecule has 178 valence electrons. The van der Waals surface area contributed by atoms with Crippen LogP contribution in [0.1, 0.15) is 68.1 Å². The van der Waals surface area contributed by atoms with Crippen molar-refractivity contribution in [3.63, 3.8) is 0 Å². The van der Waals surface area contributed by atoms with Crippen LogP contribution in [0, 0.1) is 5.92 Å². The van der Waals surface area contributed by atoms with E-state index in [-0.39, 0.29) is 23.3 Å². The fourth-order valence-electron chi connectivity index (χ4n) is 5.14. The van der Waals surface area contributed by atoms with E-state index in [1.807, 2.05) is 29.2 Å². The Morgan fingerprint density at radius 1 is 1.03 bits per heavy atom. The lowest BCUT2D eigenvalue weighted by atomic mass is 9.86. The Balaban J connectivity index is 1.37. The minimum atomic E-state index is -0.134. The normalized spacial score (nSPS) is 18.9.